The van der Waals surface area contributed by atoms with Crippen LogP contribution in [0.2, 0.25) is 0 Å². The number of carbonyl (C=O) groups is 1. The summed E-state index contributed by atoms with van der Waals surface area (Å²) in [6, 6.07) is 16.7. The fourth-order valence-corrected chi connectivity index (χ4v) is 5.01. The largest absolute Gasteiger partial charge is 0.497 e. The van der Waals surface area contributed by atoms with Crippen molar-refractivity contribution in [3.8, 4) is 17.2 Å². The lowest BCUT2D eigenvalue weighted by Gasteiger charge is -2.25. The van der Waals surface area contributed by atoms with Crippen molar-refractivity contribution in [2.45, 2.75) is 11.3 Å². The lowest BCUT2D eigenvalue weighted by Crippen LogP contribution is -2.41. The molecule has 0 atom stereocenters. The molecule has 1 aliphatic rings. The number of hydrogen-bond donors (Lipinski definition) is 1. The Morgan fingerprint density at radius 2 is 1.77 bits per heavy atom. The summed E-state index contributed by atoms with van der Waals surface area (Å²) in [5.74, 6) is 0.311. The molecule has 0 bridgehead atoms. The Bertz CT molecular complexity index is 1300. The third-order valence-corrected chi connectivity index (χ3v) is 7.15. The third kappa shape index (κ3) is 5.83. The third-order valence-electron chi connectivity index (χ3n) is 5.38. The number of hydrogen-bond acceptors (Lipinski definition) is 6. The number of carbonyl (C=O) groups excluding carboxylic acids is 1. The van der Waals surface area contributed by atoms with Gasteiger partial charge in [0.1, 0.15) is 31.3 Å². The van der Waals surface area contributed by atoms with Crippen LogP contribution in [0, 0.1) is 5.82 Å². The first kappa shape index (κ1) is 24.3. The summed E-state index contributed by atoms with van der Waals surface area (Å²) in [4.78, 5) is 12.6. The first-order valence-electron chi connectivity index (χ1n) is 10.9. The lowest BCUT2D eigenvalue weighted by atomic mass is 10.1. The molecule has 35 heavy (non-hydrogen) atoms. The lowest BCUT2D eigenvalue weighted by molar-refractivity contribution is -0.119. The van der Waals surface area contributed by atoms with Crippen LogP contribution >= 0.6 is 0 Å². The summed E-state index contributed by atoms with van der Waals surface area (Å²) in [7, 11) is -2.65. The predicted octanol–water partition coefficient (Wildman–Crippen LogP) is 3.16. The molecular weight excluding hydrogens is 475 g/mol. The minimum atomic E-state index is -4.23. The maximum absolute atomic E-state index is 14.0. The molecule has 3 aromatic rings. The van der Waals surface area contributed by atoms with Crippen LogP contribution in [0.1, 0.15) is 5.56 Å². The molecule has 0 aliphatic carbocycles. The summed E-state index contributed by atoms with van der Waals surface area (Å²) in [6.07, 6.45) is 0.546. The first-order valence-corrected chi connectivity index (χ1v) is 12.4. The quantitative estimate of drug-likeness (QED) is 0.485. The fraction of sp³-hybridized carbons (Fsp3) is 0.240. The van der Waals surface area contributed by atoms with Crippen molar-refractivity contribution in [2.24, 2.45) is 0 Å². The molecule has 0 aromatic heterocycles. The Morgan fingerprint density at radius 1 is 1.03 bits per heavy atom. The van der Waals surface area contributed by atoms with E-state index in [1.165, 1.54) is 36.4 Å². The molecule has 1 N–H and O–H groups in total. The van der Waals surface area contributed by atoms with Gasteiger partial charge in [-0.2, -0.15) is 0 Å². The van der Waals surface area contributed by atoms with E-state index in [2.05, 4.69) is 5.32 Å². The second-order valence-electron chi connectivity index (χ2n) is 7.75. The number of ether oxygens (including phenoxy) is 3. The van der Waals surface area contributed by atoms with Crippen molar-refractivity contribution in [3.63, 3.8) is 0 Å². The van der Waals surface area contributed by atoms with Gasteiger partial charge in [-0.1, -0.05) is 18.2 Å². The van der Waals surface area contributed by atoms with Crippen molar-refractivity contribution in [1.29, 1.82) is 0 Å². The number of rotatable bonds is 9. The highest BCUT2D eigenvalue weighted by atomic mass is 32.2. The van der Waals surface area contributed by atoms with Crippen molar-refractivity contribution in [2.75, 3.05) is 37.7 Å². The SMILES string of the molecule is COc1ccc(CCNC(=O)CN(c2cccc(F)c2)S(=O)(=O)c2ccc3c(c2)OCCO3)cc1. The van der Waals surface area contributed by atoms with Crippen molar-refractivity contribution >= 4 is 21.6 Å². The van der Waals surface area contributed by atoms with E-state index < -0.39 is 28.3 Å². The van der Waals surface area contributed by atoms with Gasteiger partial charge in [0.2, 0.25) is 5.91 Å². The van der Waals surface area contributed by atoms with Crippen LogP contribution < -0.4 is 23.8 Å². The highest BCUT2D eigenvalue weighted by Crippen LogP contribution is 2.34. The van der Waals surface area contributed by atoms with E-state index in [1.807, 2.05) is 24.3 Å². The van der Waals surface area contributed by atoms with Crippen molar-refractivity contribution in [3.05, 3.63) is 78.1 Å². The predicted molar refractivity (Wildman–Crippen MR) is 128 cm³/mol. The van der Waals surface area contributed by atoms with Crippen LogP contribution in [0.5, 0.6) is 17.2 Å². The molecule has 1 heterocycles. The van der Waals surface area contributed by atoms with Gasteiger partial charge < -0.3 is 19.5 Å². The van der Waals surface area contributed by atoms with Gasteiger partial charge in [-0.25, -0.2) is 12.8 Å². The van der Waals surface area contributed by atoms with E-state index in [0.29, 0.717) is 37.7 Å². The summed E-state index contributed by atoms with van der Waals surface area (Å²) >= 11 is 0. The van der Waals surface area contributed by atoms with Gasteiger partial charge >= 0.3 is 0 Å². The fourth-order valence-electron chi connectivity index (χ4n) is 3.58. The van der Waals surface area contributed by atoms with Gasteiger partial charge in [0.25, 0.3) is 10.0 Å². The van der Waals surface area contributed by atoms with Gasteiger partial charge in [0.05, 0.1) is 17.7 Å². The minimum Gasteiger partial charge on any atom is -0.497 e. The van der Waals surface area contributed by atoms with Gasteiger partial charge in [-0.15, -0.1) is 0 Å². The van der Waals surface area contributed by atoms with Crippen LogP contribution in [0.25, 0.3) is 0 Å². The zero-order chi connectivity index (χ0) is 24.8. The van der Waals surface area contributed by atoms with Crippen molar-refractivity contribution in [1.82, 2.24) is 5.32 Å². The Hall–Kier alpha value is -3.79. The number of methoxy groups -OCH3 is 1. The number of halogens is 1. The Kier molecular flexibility index (Phi) is 7.40. The second kappa shape index (κ2) is 10.6. The average Bonchev–Trinajstić information content (AvgIpc) is 2.87. The van der Waals surface area contributed by atoms with Crippen LogP contribution in [0.15, 0.2) is 71.6 Å². The highest BCUT2D eigenvalue weighted by Gasteiger charge is 2.29. The van der Waals surface area contributed by atoms with E-state index in [4.69, 9.17) is 14.2 Å². The molecular formula is C25H25FN2O6S. The number of sulfonamides is 1. The number of nitrogens with one attached hydrogen (secondary N) is 1. The molecule has 0 saturated heterocycles. The summed E-state index contributed by atoms with van der Waals surface area (Å²) in [5.41, 5.74) is 1.02. The average molecular weight is 501 g/mol. The first-order chi connectivity index (χ1) is 16.9. The molecule has 0 radical (unpaired) electrons. The highest BCUT2D eigenvalue weighted by molar-refractivity contribution is 7.92. The maximum atomic E-state index is 14.0. The minimum absolute atomic E-state index is 0.0326. The van der Waals surface area contributed by atoms with Crippen LogP contribution in [-0.4, -0.2) is 47.7 Å². The molecule has 0 unspecified atom stereocenters. The maximum Gasteiger partial charge on any atom is 0.264 e. The molecule has 1 amide bonds. The van der Waals surface area contributed by atoms with Gasteiger partial charge in [-0.3, -0.25) is 9.10 Å². The van der Waals surface area contributed by atoms with Crippen LogP contribution in [0.4, 0.5) is 10.1 Å². The number of benzene rings is 3. The van der Waals surface area contributed by atoms with E-state index in [1.54, 1.807) is 7.11 Å². The molecule has 8 nitrogen and oxygen atoms in total. The molecule has 184 valence electrons. The van der Waals surface area contributed by atoms with Gasteiger partial charge in [0, 0.05) is 12.6 Å². The molecule has 0 spiro atoms. The normalized spacial score (nSPS) is 12.6. The topological polar surface area (TPSA) is 94.2 Å². The number of amides is 1. The summed E-state index contributed by atoms with van der Waals surface area (Å²) in [6.45, 7) is 0.432. The van der Waals surface area contributed by atoms with E-state index in [9.17, 15) is 17.6 Å². The van der Waals surface area contributed by atoms with E-state index >= 15 is 0 Å². The number of fused-ring (bicyclic) bond motifs is 1. The van der Waals surface area contributed by atoms with E-state index in [-0.39, 0.29) is 10.6 Å². The molecule has 10 heteroatoms. The molecule has 3 aromatic carbocycles. The molecule has 0 fully saturated rings. The zero-order valence-electron chi connectivity index (χ0n) is 19.1. The number of anilines is 1. The smallest absolute Gasteiger partial charge is 0.264 e. The number of nitrogens with zero attached hydrogens (tertiary/aromatic N) is 1. The standard InChI is InChI=1S/C25H25FN2O6S/c1-32-21-7-5-18(6-8-21)11-12-27-25(29)17-28(20-4-2-3-19(26)15-20)35(30,31)22-9-10-23-24(16-22)34-14-13-33-23/h2-10,15-16H,11-14,17H2,1H3,(H,27,29). The van der Waals surface area contributed by atoms with Crippen LogP contribution in [-0.2, 0) is 21.2 Å². The van der Waals surface area contributed by atoms with Crippen LogP contribution in [0.3, 0.4) is 0 Å². The molecule has 4 rings (SSSR count). The molecule has 1 aliphatic heterocycles. The monoisotopic (exact) mass is 500 g/mol. The summed E-state index contributed by atoms with van der Waals surface area (Å²) in [5, 5.41) is 2.73. The second-order valence-corrected chi connectivity index (χ2v) is 9.61. The Morgan fingerprint density at radius 3 is 2.49 bits per heavy atom. The molecule has 0 saturated carbocycles. The Balaban J connectivity index is 1.52. The van der Waals surface area contributed by atoms with Gasteiger partial charge in [-0.05, 0) is 54.4 Å². The van der Waals surface area contributed by atoms with Gasteiger partial charge in [0.15, 0.2) is 11.5 Å². The Labute approximate surface area is 203 Å². The zero-order valence-corrected chi connectivity index (χ0v) is 19.9. The summed E-state index contributed by atoms with van der Waals surface area (Å²) < 4.78 is 58.0. The van der Waals surface area contributed by atoms with E-state index in [0.717, 1.165) is 21.7 Å². The van der Waals surface area contributed by atoms with Crippen molar-refractivity contribution < 1.29 is 31.8 Å².